The highest BCUT2D eigenvalue weighted by Gasteiger charge is 2.11. The Hall–Kier alpha value is -1.76. The van der Waals surface area contributed by atoms with E-state index in [1.54, 1.807) is 16.8 Å². The minimum Gasteiger partial charge on any atom is -0.316 e. The van der Waals surface area contributed by atoms with Crippen LogP contribution in [0.2, 0.25) is 5.02 Å². The monoisotopic (exact) mass is 363 g/mol. The fraction of sp³-hybridized carbons (Fsp3) is 0.188. The van der Waals surface area contributed by atoms with Crippen molar-refractivity contribution in [3.05, 3.63) is 62.1 Å². The second kappa shape index (κ2) is 7.21. The van der Waals surface area contributed by atoms with Gasteiger partial charge < -0.3 is 5.32 Å². The standard InChI is InChI=1S/C16H14ClN3OS2/c1-10-16(23-9-18-10)20-14(21)7-13-8-22-15(19-13)6-11-3-2-4-12(17)5-11/h2-5,8-9H,6-7H2,1H3,(H,20,21). The summed E-state index contributed by atoms with van der Waals surface area (Å²) in [7, 11) is 0. The Morgan fingerprint density at radius 3 is 2.96 bits per heavy atom. The minimum atomic E-state index is -0.0723. The Morgan fingerprint density at radius 1 is 1.35 bits per heavy atom. The molecule has 0 aliphatic carbocycles. The average Bonchev–Trinajstić information content (AvgIpc) is 3.09. The zero-order valence-electron chi connectivity index (χ0n) is 12.4. The quantitative estimate of drug-likeness (QED) is 0.733. The van der Waals surface area contributed by atoms with Crippen LogP contribution in [0.25, 0.3) is 0 Å². The van der Waals surface area contributed by atoms with Gasteiger partial charge in [-0.2, -0.15) is 0 Å². The first kappa shape index (κ1) is 16.1. The molecule has 1 N–H and O–H groups in total. The van der Waals surface area contributed by atoms with Crippen molar-refractivity contribution in [2.24, 2.45) is 0 Å². The zero-order valence-corrected chi connectivity index (χ0v) is 14.8. The lowest BCUT2D eigenvalue weighted by atomic mass is 10.2. The van der Waals surface area contributed by atoms with E-state index in [0.29, 0.717) is 0 Å². The van der Waals surface area contributed by atoms with Gasteiger partial charge in [-0.1, -0.05) is 23.7 Å². The van der Waals surface area contributed by atoms with E-state index < -0.39 is 0 Å². The number of carbonyl (C=O) groups excluding carboxylic acids is 1. The van der Waals surface area contributed by atoms with Crippen LogP contribution in [-0.4, -0.2) is 15.9 Å². The van der Waals surface area contributed by atoms with Crippen molar-refractivity contribution in [2.45, 2.75) is 19.8 Å². The molecule has 2 aromatic heterocycles. The highest BCUT2D eigenvalue weighted by molar-refractivity contribution is 7.14. The molecule has 0 saturated carbocycles. The number of benzene rings is 1. The van der Waals surface area contributed by atoms with Gasteiger partial charge in [0.05, 0.1) is 28.3 Å². The molecule has 4 nitrogen and oxygen atoms in total. The Balaban J connectivity index is 1.61. The molecular formula is C16H14ClN3OS2. The highest BCUT2D eigenvalue weighted by atomic mass is 35.5. The molecule has 7 heteroatoms. The molecule has 0 aliphatic heterocycles. The molecule has 0 radical (unpaired) electrons. The molecule has 2 heterocycles. The number of nitrogens with one attached hydrogen (secondary N) is 1. The number of halogens is 1. The minimum absolute atomic E-state index is 0.0723. The number of anilines is 1. The van der Waals surface area contributed by atoms with Crippen molar-refractivity contribution in [1.82, 2.24) is 9.97 Å². The van der Waals surface area contributed by atoms with Gasteiger partial charge in [0, 0.05) is 16.8 Å². The molecule has 3 aromatic rings. The topological polar surface area (TPSA) is 54.9 Å². The largest absolute Gasteiger partial charge is 0.316 e. The lowest BCUT2D eigenvalue weighted by molar-refractivity contribution is -0.115. The third kappa shape index (κ3) is 4.37. The molecule has 0 unspecified atom stereocenters. The number of nitrogens with zero attached hydrogens (tertiary/aromatic N) is 2. The van der Waals surface area contributed by atoms with E-state index in [1.807, 2.05) is 36.6 Å². The fourth-order valence-electron chi connectivity index (χ4n) is 2.09. The second-order valence-corrected chi connectivity index (χ2v) is 7.26. The van der Waals surface area contributed by atoms with E-state index in [9.17, 15) is 4.79 Å². The number of rotatable bonds is 5. The van der Waals surface area contributed by atoms with E-state index >= 15 is 0 Å². The van der Waals surface area contributed by atoms with E-state index in [1.165, 1.54) is 11.3 Å². The number of hydrogen-bond donors (Lipinski definition) is 1. The van der Waals surface area contributed by atoms with Gasteiger partial charge in [0.15, 0.2) is 0 Å². The summed E-state index contributed by atoms with van der Waals surface area (Å²) in [6.45, 7) is 1.87. The van der Waals surface area contributed by atoms with Crippen molar-refractivity contribution in [2.75, 3.05) is 5.32 Å². The lowest BCUT2D eigenvalue weighted by Crippen LogP contribution is -2.14. The van der Waals surface area contributed by atoms with Crippen LogP contribution in [-0.2, 0) is 17.6 Å². The van der Waals surface area contributed by atoms with Crippen molar-refractivity contribution in [3.8, 4) is 0 Å². The second-order valence-electron chi connectivity index (χ2n) is 5.03. The summed E-state index contributed by atoms with van der Waals surface area (Å²) in [4.78, 5) is 20.7. The van der Waals surface area contributed by atoms with Gasteiger partial charge in [-0.05, 0) is 24.6 Å². The van der Waals surface area contributed by atoms with E-state index in [2.05, 4.69) is 15.3 Å². The summed E-state index contributed by atoms with van der Waals surface area (Å²) in [5.74, 6) is -0.0723. The third-order valence-electron chi connectivity index (χ3n) is 3.18. The van der Waals surface area contributed by atoms with Crippen LogP contribution in [0.15, 0.2) is 35.2 Å². The number of amides is 1. The van der Waals surface area contributed by atoms with Gasteiger partial charge in [-0.3, -0.25) is 4.79 Å². The van der Waals surface area contributed by atoms with Crippen LogP contribution in [0.1, 0.15) is 22.0 Å². The summed E-state index contributed by atoms with van der Waals surface area (Å²) in [6.07, 6.45) is 0.990. The van der Waals surface area contributed by atoms with Gasteiger partial charge in [-0.25, -0.2) is 9.97 Å². The highest BCUT2D eigenvalue weighted by Crippen LogP contribution is 2.20. The number of aryl methyl sites for hydroxylation is 1. The maximum Gasteiger partial charge on any atom is 0.231 e. The molecular weight excluding hydrogens is 350 g/mol. The molecule has 0 bridgehead atoms. The number of aromatic nitrogens is 2. The number of thiazole rings is 2. The maximum atomic E-state index is 12.1. The van der Waals surface area contributed by atoms with E-state index in [-0.39, 0.29) is 12.3 Å². The molecule has 0 aliphatic rings. The van der Waals surface area contributed by atoms with Crippen molar-refractivity contribution >= 4 is 45.2 Å². The Kier molecular flexibility index (Phi) is 5.05. The normalized spacial score (nSPS) is 10.7. The summed E-state index contributed by atoms with van der Waals surface area (Å²) in [5, 5.41) is 7.29. The summed E-state index contributed by atoms with van der Waals surface area (Å²) < 4.78 is 0. The maximum absolute atomic E-state index is 12.1. The van der Waals surface area contributed by atoms with Gasteiger partial charge in [-0.15, -0.1) is 22.7 Å². The number of carbonyl (C=O) groups is 1. The summed E-state index contributed by atoms with van der Waals surface area (Å²) >= 11 is 8.97. The van der Waals surface area contributed by atoms with Crippen molar-refractivity contribution in [3.63, 3.8) is 0 Å². The van der Waals surface area contributed by atoms with E-state index in [0.717, 1.165) is 38.4 Å². The van der Waals surface area contributed by atoms with E-state index in [4.69, 9.17) is 11.6 Å². The van der Waals surface area contributed by atoms with Crippen molar-refractivity contribution < 1.29 is 4.79 Å². The van der Waals surface area contributed by atoms with Crippen LogP contribution in [0, 0.1) is 6.92 Å². The molecule has 3 rings (SSSR count). The van der Waals surface area contributed by atoms with Gasteiger partial charge in [0.1, 0.15) is 5.00 Å². The Morgan fingerprint density at radius 2 is 2.22 bits per heavy atom. The third-order valence-corrected chi connectivity index (χ3v) is 5.16. The van der Waals surface area contributed by atoms with Crippen LogP contribution in [0.3, 0.4) is 0 Å². The Labute approximate surface area is 147 Å². The molecule has 0 spiro atoms. The van der Waals surface area contributed by atoms with Crippen LogP contribution in [0.4, 0.5) is 5.00 Å². The fourth-order valence-corrected chi connectivity index (χ4v) is 3.84. The van der Waals surface area contributed by atoms with Crippen LogP contribution >= 0.6 is 34.3 Å². The summed E-state index contributed by atoms with van der Waals surface area (Å²) in [6, 6.07) is 7.73. The molecule has 1 amide bonds. The van der Waals surface area contributed by atoms with Crippen molar-refractivity contribution in [1.29, 1.82) is 0 Å². The molecule has 0 atom stereocenters. The smallest absolute Gasteiger partial charge is 0.231 e. The first-order valence-corrected chi connectivity index (χ1v) is 9.11. The van der Waals surface area contributed by atoms with Gasteiger partial charge >= 0.3 is 0 Å². The van der Waals surface area contributed by atoms with Crippen LogP contribution < -0.4 is 5.32 Å². The molecule has 0 saturated heterocycles. The zero-order chi connectivity index (χ0) is 16.2. The summed E-state index contributed by atoms with van der Waals surface area (Å²) in [5.41, 5.74) is 4.45. The SMILES string of the molecule is Cc1ncsc1NC(=O)Cc1csc(Cc2cccc(Cl)c2)n1. The average molecular weight is 364 g/mol. The number of hydrogen-bond acceptors (Lipinski definition) is 5. The lowest BCUT2D eigenvalue weighted by Gasteiger charge is -2.01. The molecule has 23 heavy (non-hydrogen) atoms. The molecule has 118 valence electrons. The van der Waals surface area contributed by atoms with Gasteiger partial charge in [0.25, 0.3) is 0 Å². The molecule has 0 fully saturated rings. The van der Waals surface area contributed by atoms with Crippen LogP contribution in [0.5, 0.6) is 0 Å². The first-order chi connectivity index (χ1) is 11.1. The molecule has 1 aromatic carbocycles. The first-order valence-electron chi connectivity index (χ1n) is 6.98. The Bertz CT molecular complexity index is 828. The predicted molar refractivity (Wildman–Crippen MR) is 95.6 cm³/mol. The van der Waals surface area contributed by atoms with Gasteiger partial charge in [0.2, 0.25) is 5.91 Å². The predicted octanol–water partition coefficient (Wildman–Crippen LogP) is 4.33.